The van der Waals surface area contributed by atoms with Crippen molar-refractivity contribution < 1.29 is 9.53 Å². The monoisotopic (exact) mass is 290 g/mol. The van der Waals surface area contributed by atoms with Gasteiger partial charge in [-0.2, -0.15) is 0 Å². The minimum Gasteiger partial charge on any atom is -0.491 e. The predicted octanol–water partition coefficient (Wildman–Crippen LogP) is 2.24. The van der Waals surface area contributed by atoms with Crippen molar-refractivity contribution in [3.63, 3.8) is 0 Å². The second-order valence-corrected chi connectivity index (χ2v) is 4.84. The van der Waals surface area contributed by atoms with E-state index in [1.807, 2.05) is 18.2 Å². The average Bonchev–Trinajstić information content (AvgIpc) is 2.92. The van der Waals surface area contributed by atoms with Gasteiger partial charge < -0.3 is 9.53 Å². The van der Waals surface area contributed by atoms with Crippen molar-refractivity contribution in [2.24, 2.45) is 5.92 Å². The normalized spacial score (nSPS) is 32.5. The lowest BCUT2D eigenvalue weighted by Gasteiger charge is -2.16. The van der Waals surface area contributed by atoms with Gasteiger partial charge in [0.15, 0.2) is 0 Å². The molecule has 0 aromatic heterocycles. The smallest absolute Gasteiger partial charge is 0.128 e. The Morgan fingerprint density at radius 1 is 1.54 bits per heavy atom. The molecule has 13 heavy (non-hydrogen) atoms. The lowest BCUT2D eigenvalue weighted by atomic mass is 10.0. The van der Waals surface area contributed by atoms with Crippen LogP contribution in [0.5, 0.6) is 0 Å². The molecule has 0 aliphatic heterocycles. The van der Waals surface area contributed by atoms with Crippen LogP contribution < -0.4 is 0 Å². The SMILES string of the molecule is O=CC1C=C(OC2CC2)C=CC1I. The third kappa shape index (κ3) is 2.33. The summed E-state index contributed by atoms with van der Waals surface area (Å²) < 4.78 is 5.87. The van der Waals surface area contributed by atoms with Crippen LogP contribution in [0.25, 0.3) is 0 Å². The number of allylic oxidation sites excluding steroid dienone is 3. The van der Waals surface area contributed by atoms with Crippen molar-refractivity contribution in [3.8, 4) is 0 Å². The van der Waals surface area contributed by atoms with Crippen molar-refractivity contribution in [2.75, 3.05) is 0 Å². The Labute approximate surface area is 91.2 Å². The van der Waals surface area contributed by atoms with E-state index in [1.165, 1.54) is 0 Å². The maximum Gasteiger partial charge on any atom is 0.128 e. The Balaban J connectivity index is 2.01. The molecule has 2 nitrogen and oxygen atoms in total. The number of alkyl halides is 1. The van der Waals surface area contributed by atoms with E-state index in [9.17, 15) is 4.79 Å². The van der Waals surface area contributed by atoms with Crippen molar-refractivity contribution in [1.82, 2.24) is 0 Å². The molecule has 0 bridgehead atoms. The summed E-state index contributed by atoms with van der Waals surface area (Å²) in [6, 6.07) is 0. The molecule has 0 amide bonds. The van der Waals surface area contributed by atoms with Crippen molar-refractivity contribution in [1.29, 1.82) is 0 Å². The zero-order chi connectivity index (χ0) is 9.26. The zero-order valence-corrected chi connectivity index (χ0v) is 9.31. The van der Waals surface area contributed by atoms with Gasteiger partial charge in [-0.3, -0.25) is 0 Å². The Morgan fingerprint density at radius 2 is 2.31 bits per heavy atom. The summed E-state index contributed by atoms with van der Waals surface area (Å²) >= 11 is 2.26. The molecular weight excluding hydrogens is 279 g/mol. The van der Waals surface area contributed by atoms with E-state index in [1.54, 1.807) is 0 Å². The predicted molar refractivity (Wildman–Crippen MR) is 58.7 cm³/mol. The molecule has 1 saturated carbocycles. The fraction of sp³-hybridized carbons (Fsp3) is 0.500. The van der Waals surface area contributed by atoms with E-state index in [0.29, 0.717) is 6.10 Å². The van der Waals surface area contributed by atoms with Crippen LogP contribution in [0.1, 0.15) is 12.8 Å². The van der Waals surface area contributed by atoms with E-state index in [0.717, 1.165) is 24.9 Å². The highest BCUT2D eigenvalue weighted by atomic mass is 127. The van der Waals surface area contributed by atoms with Crippen molar-refractivity contribution >= 4 is 28.9 Å². The minimum atomic E-state index is -0.0145. The molecule has 1 fully saturated rings. The molecule has 0 heterocycles. The minimum absolute atomic E-state index is 0.0145. The first-order chi connectivity index (χ1) is 6.29. The standard InChI is InChI=1S/C10H11IO2/c11-10-4-3-9(5-7(10)6-12)13-8-1-2-8/h3-8,10H,1-2H2. The van der Waals surface area contributed by atoms with Gasteiger partial charge in [0.1, 0.15) is 12.0 Å². The van der Waals surface area contributed by atoms with Crippen LogP contribution in [-0.2, 0) is 9.53 Å². The molecule has 2 unspecified atom stereocenters. The molecule has 2 atom stereocenters. The Hall–Kier alpha value is -0.320. The number of halogens is 1. The van der Waals surface area contributed by atoms with Crippen LogP contribution in [0, 0.1) is 5.92 Å². The summed E-state index contributed by atoms with van der Waals surface area (Å²) in [5.41, 5.74) is 0. The van der Waals surface area contributed by atoms with Gasteiger partial charge in [0, 0.05) is 3.92 Å². The first-order valence-electron chi connectivity index (χ1n) is 4.45. The van der Waals surface area contributed by atoms with Gasteiger partial charge in [-0.25, -0.2) is 0 Å². The summed E-state index contributed by atoms with van der Waals surface area (Å²) in [5, 5.41) is 0. The third-order valence-electron chi connectivity index (χ3n) is 2.15. The molecular formula is C10H11IO2. The summed E-state index contributed by atoms with van der Waals surface area (Å²) in [6.07, 6.45) is 9.62. The summed E-state index contributed by atoms with van der Waals surface area (Å²) in [6.45, 7) is 0. The number of carbonyl (C=O) groups excluding carboxylic acids is 1. The van der Waals surface area contributed by atoms with E-state index < -0.39 is 0 Å². The number of rotatable bonds is 3. The number of hydrogen-bond donors (Lipinski definition) is 0. The van der Waals surface area contributed by atoms with Gasteiger partial charge in [0.25, 0.3) is 0 Å². The van der Waals surface area contributed by atoms with Gasteiger partial charge in [-0.15, -0.1) is 0 Å². The molecule has 2 rings (SSSR count). The van der Waals surface area contributed by atoms with Crippen LogP contribution in [0.3, 0.4) is 0 Å². The molecule has 0 spiro atoms. The number of ether oxygens (including phenoxy) is 1. The molecule has 70 valence electrons. The molecule has 2 aliphatic carbocycles. The fourth-order valence-corrected chi connectivity index (χ4v) is 1.81. The zero-order valence-electron chi connectivity index (χ0n) is 7.15. The lowest BCUT2D eigenvalue weighted by Crippen LogP contribution is -2.15. The fourth-order valence-electron chi connectivity index (χ4n) is 1.22. The Kier molecular flexibility index (Phi) is 2.71. The first kappa shape index (κ1) is 9.24. The second kappa shape index (κ2) is 3.82. The van der Waals surface area contributed by atoms with Crippen molar-refractivity contribution in [2.45, 2.75) is 22.9 Å². The van der Waals surface area contributed by atoms with Crippen LogP contribution >= 0.6 is 22.6 Å². The van der Waals surface area contributed by atoms with E-state index in [-0.39, 0.29) is 9.84 Å². The lowest BCUT2D eigenvalue weighted by molar-refractivity contribution is -0.109. The molecule has 0 saturated heterocycles. The van der Waals surface area contributed by atoms with Crippen molar-refractivity contribution in [3.05, 3.63) is 24.0 Å². The quantitative estimate of drug-likeness (QED) is 0.452. The van der Waals surface area contributed by atoms with Gasteiger partial charge >= 0.3 is 0 Å². The highest BCUT2D eigenvalue weighted by Gasteiger charge is 2.26. The molecule has 3 heteroatoms. The maximum atomic E-state index is 10.7. The molecule has 0 radical (unpaired) electrons. The average molecular weight is 290 g/mol. The van der Waals surface area contributed by atoms with Crippen LogP contribution in [0.15, 0.2) is 24.0 Å². The number of aldehydes is 1. The molecule has 0 aromatic carbocycles. The van der Waals surface area contributed by atoms with Crippen LogP contribution in [0.4, 0.5) is 0 Å². The van der Waals surface area contributed by atoms with Crippen LogP contribution in [0.2, 0.25) is 0 Å². The summed E-state index contributed by atoms with van der Waals surface area (Å²) in [4.78, 5) is 10.7. The van der Waals surface area contributed by atoms with E-state index >= 15 is 0 Å². The van der Waals surface area contributed by atoms with E-state index in [4.69, 9.17) is 4.74 Å². The third-order valence-corrected chi connectivity index (χ3v) is 3.40. The van der Waals surface area contributed by atoms with Gasteiger partial charge in [0.2, 0.25) is 0 Å². The Morgan fingerprint density at radius 3 is 2.92 bits per heavy atom. The van der Waals surface area contributed by atoms with Gasteiger partial charge in [-0.05, 0) is 25.0 Å². The molecule has 0 aromatic rings. The van der Waals surface area contributed by atoms with Gasteiger partial charge in [-0.1, -0.05) is 28.7 Å². The summed E-state index contributed by atoms with van der Waals surface area (Å²) in [5.74, 6) is 0.854. The highest BCUT2D eigenvalue weighted by molar-refractivity contribution is 14.1. The summed E-state index contributed by atoms with van der Waals surface area (Å²) in [7, 11) is 0. The van der Waals surface area contributed by atoms with Crippen LogP contribution in [-0.4, -0.2) is 16.3 Å². The highest BCUT2D eigenvalue weighted by Crippen LogP contribution is 2.30. The Bertz CT molecular complexity index is 266. The molecule has 0 N–H and O–H groups in total. The second-order valence-electron chi connectivity index (χ2n) is 3.40. The first-order valence-corrected chi connectivity index (χ1v) is 5.70. The number of hydrogen-bond acceptors (Lipinski definition) is 2. The van der Waals surface area contributed by atoms with E-state index in [2.05, 4.69) is 22.6 Å². The van der Waals surface area contributed by atoms with Gasteiger partial charge in [0.05, 0.1) is 12.0 Å². The molecule has 2 aliphatic rings. The maximum absolute atomic E-state index is 10.7. The topological polar surface area (TPSA) is 26.3 Å². The number of carbonyl (C=O) groups is 1. The largest absolute Gasteiger partial charge is 0.491 e.